The van der Waals surface area contributed by atoms with Gasteiger partial charge in [0.1, 0.15) is 5.76 Å². The molecule has 0 aliphatic rings. The Balaban J connectivity index is 1.80. The molecule has 2 heterocycles. The van der Waals surface area contributed by atoms with Gasteiger partial charge in [-0.1, -0.05) is 5.16 Å². The van der Waals surface area contributed by atoms with Crippen LogP contribution in [0.5, 0.6) is 0 Å². The third-order valence-electron chi connectivity index (χ3n) is 1.78. The molecule has 0 aromatic carbocycles. The van der Waals surface area contributed by atoms with Crippen molar-refractivity contribution >= 4 is 15.9 Å². The molecule has 0 radical (unpaired) electrons. The van der Waals surface area contributed by atoms with Gasteiger partial charge < -0.3 is 14.3 Å². The Labute approximate surface area is 95.0 Å². The van der Waals surface area contributed by atoms with Gasteiger partial charge in [0.2, 0.25) is 5.89 Å². The number of nitrogens with one attached hydrogen (secondary N) is 1. The van der Waals surface area contributed by atoms with Crippen molar-refractivity contribution in [3.05, 3.63) is 34.3 Å². The fourth-order valence-corrected chi connectivity index (χ4v) is 1.50. The topological polar surface area (TPSA) is 64.1 Å². The summed E-state index contributed by atoms with van der Waals surface area (Å²) in [4.78, 5) is 4.07. The summed E-state index contributed by atoms with van der Waals surface area (Å²) >= 11 is 3.24. The Morgan fingerprint density at radius 1 is 1.40 bits per heavy atom. The van der Waals surface area contributed by atoms with Crippen LogP contribution in [0.1, 0.15) is 17.5 Å². The molecule has 0 amide bonds. The zero-order valence-electron chi connectivity index (χ0n) is 8.16. The van der Waals surface area contributed by atoms with E-state index >= 15 is 0 Å². The number of rotatable bonds is 4. The average Bonchev–Trinajstić information content (AvgIpc) is 2.76. The molecule has 0 unspecified atom stereocenters. The van der Waals surface area contributed by atoms with E-state index in [1.807, 2.05) is 12.1 Å². The van der Waals surface area contributed by atoms with Crippen LogP contribution in [-0.4, -0.2) is 10.1 Å². The van der Waals surface area contributed by atoms with Crippen LogP contribution in [0.2, 0.25) is 0 Å². The van der Waals surface area contributed by atoms with E-state index in [0.717, 1.165) is 10.4 Å². The van der Waals surface area contributed by atoms with Crippen molar-refractivity contribution in [3.63, 3.8) is 0 Å². The highest BCUT2D eigenvalue weighted by Crippen LogP contribution is 2.13. The molecule has 1 N–H and O–H groups in total. The summed E-state index contributed by atoms with van der Waals surface area (Å²) in [7, 11) is 0. The number of aromatic nitrogens is 2. The van der Waals surface area contributed by atoms with Crippen molar-refractivity contribution in [2.24, 2.45) is 0 Å². The molecule has 0 saturated heterocycles. The molecule has 0 fully saturated rings. The SMILES string of the molecule is Cc1nc(CNCc2ccc(Br)o2)no1. The van der Waals surface area contributed by atoms with Crippen molar-refractivity contribution in [2.45, 2.75) is 20.0 Å². The molecule has 80 valence electrons. The normalized spacial score (nSPS) is 10.8. The Hall–Kier alpha value is -1.14. The molecule has 0 atom stereocenters. The summed E-state index contributed by atoms with van der Waals surface area (Å²) in [6, 6.07) is 3.76. The molecule has 6 heteroatoms. The third-order valence-corrected chi connectivity index (χ3v) is 2.21. The van der Waals surface area contributed by atoms with Crippen molar-refractivity contribution in [1.29, 1.82) is 0 Å². The van der Waals surface area contributed by atoms with E-state index in [1.54, 1.807) is 6.92 Å². The monoisotopic (exact) mass is 271 g/mol. The summed E-state index contributed by atoms with van der Waals surface area (Å²) in [5.41, 5.74) is 0. The highest BCUT2D eigenvalue weighted by atomic mass is 79.9. The van der Waals surface area contributed by atoms with Gasteiger partial charge in [-0.05, 0) is 28.1 Å². The van der Waals surface area contributed by atoms with Gasteiger partial charge in [0.15, 0.2) is 10.5 Å². The maximum Gasteiger partial charge on any atom is 0.223 e. The Kier molecular flexibility index (Phi) is 3.17. The van der Waals surface area contributed by atoms with E-state index in [9.17, 15) is 0 Å². The van der Waals surface area contributed by atoms with Gasteiger partial charge in [-0.15, -0.1) is 0 Å². The Morgan fingerprint density at radius 3 is 2.87 bits per heavy atom. The van der Waals surface area contributed by atoms with Crippen molar-refractivity contribution in [2.75, 3.05) is 0 Å². The van der Waals surface area contributed by atoms with E-state index in [4.69, 9.17) is 8.94 Å². The average molecular weight is 272 g/mol. The van der Waals surface area contributed by atoms with Gasteiger partial charge in [-0.25, -0.2) is 0 Å². The molecule has 0 aliphatic heterocycles. The zero-order chi connectivity index (χ0) is 10.7. The van der Waals surface area contributed by atoms with Gasteiger partial charge in [0, 0.05) is 6.92 Å². The molecule has 2 aromatic rings. The first-order valence-electron chi connectivity index (χ1n) is 4.48. The van der Waals surface area contributed by atoms with E-state index in [-0.39, 0.29) is 0 Å². The highest BCUT2D eigenvalue weighted by molar-refractivity contribution is 9.10. The minimum Gasteiger partial charge on any atom is -0.453 e. The lowest BCUT2D eigenvalue weighted by Crippen LogP contribution is -2.13. The number of aryl methyl sites for hydroxylation is 1. The van der Waals surface area contributed by atoms with Crippen LogP contribution in [0.4, 0.5) is 0 Å². The summed E-state index contributed by atoms with van der Waals surface area (Å²) in [6.45, 7) is 2.97. The number of halogens is 1. The van der Waals surface area contributed by atoms with Crippen LogP contribution in [0.3, 0.4) is 0 Å². The Morgan fingerprint density at radius 2 is 2.27 bits per heavy atom. The molecule has 0 spiro atoms. The quantitative estimate of drug-likeness (QED) is 0.922. The molecule has 0 aliphatic carbocycles. The van der Waals surface area contributed by atoms with Crippen molar-refractivity contribution < 1.29 is 8.94 Å². The van der Waals surface area contributed by atoms with Crippen LogP contribution in [0.15, 0.2) is 25.7 Å². The standard InChI is InChI=1S/C9H10BrN3O2/c1-6-12-9(13-15-6)5-11-4-7-2-3-8(10)14-7/h2-3,11H,4-5H2,1H3. The minimum atomic E-state index is 0.565. The van der Waals surface area contributed by atoms with E-state index in [0.29, 0.717) is 24.8 Å². The lowest BCUT2D eigenvalue weighted by molar-refractivity contribution is 0.384. The summed E-state index contributed by atoms with van der Waals surface area (Å²) in [5, 5.41) is 6.91. The first-order valence-corrected chi connectivity index (χ1v) is 5.27. The van der Waals surface area contributed by atoms with E-state index in [2.05, 4.69) is 31.4 Å². The van der Waals surface area contributed by atoms with Crippen LogP contribution in [-0.2, 0) is 13.1 Å². The second kappa shape index (κ2) is 4.59. The molecule has 2 aromatic heterocycles. The van der Waals surface area contributed by atoms with Gasteiger partial charge in [-0.3, -0.25) is 0 Å². The van der Waals surface area contributed by atoms with Crippen LogP contribution in [0, 0.1) is 6.92 Å². The second-order valence-corrected chi connectivity index (χ2v) is 3.82. The zero-order valence-corrected chi connectivity index (χ0v) is 9.74. The van der Waals surface area contributed by atoms with Gasteiger partial charge in [0.05, 0.1) is 13.1 Å². The van der Waals surface area contributed by atoms with Crippen LogP contribution in [0.25, 0.3) is 0 Å². The van der Waals surface area contributed by atoms with Crippen LogP contribution >= 0.6 is 15.9 Å². The number of hydrogen-bond acceptors (Lipinski definition) is 5. The number of furan rings is 1. The van der Waals surface area contributed by atoms with Gasteiger partial charge in [-0.2, -0.15) is 4.98 Å². The van der Waals surface area contributed by atoms with Crippen molar-refractivity contribution in [1.82, 2.24) is 15.5 Å². The lowest BCUT2D eigenvalue weighted by atomic mass is 10.4. The third kappa shape index (κ3) is 2.90. The lowest BCUT2D eigenvalue weighted by Gasteiger charge is -1.97. The summed E-state index contributed by atoms with van der Waals surface area (Å²) in [5.74, 6) is 2.09. The smallest absolute Gasteiger partial charge is 0.223 e. The van der Waals surface area contributed by atoms with Gasteiger partial charge >= 0.3 is 0 Å². The fourth-order valence-electron chi connectivity index (χ4n) is 1.16. The van der Waals surface area contributed by atoms with E-state index in [1.165, 1.54) is 0 Å². The maximum absolute atomic E-state index is 5.32. The molecule has 0 saturated carbocycles. The first kappa shape index (κ1) is 10.4. The number of hydrogen-bond donors (Lipinski definition) is 1. The molecule has 0 bridgehead atoms. The largest absolute Gasteiger partial charge is 0.453 e. The van der Waals surface area contributed by atoms with E-state index < -0.39 is 0 Å². The van der Waals surface area contributed by atoms with Crippen molar-refractivity contribution in [3.8, 4) is 0 Å². The molecule has 5 nitrogen and oxygen atoms in total. The highest BCUT2D eigenvalue weighted by Gasteiger charge is 2.02. The fraction of sp³-hybridized carbons (Fsp3) is 0.333. The molecular formula is C9H10BrN3O2. The number of nitrogens with zero attached hydrogens (tertiary/aromatic N) is 2. The Bertz CT molecular complexity index is 398. The summed E-state index contributed by atoms with van der Waals surface area (Å²) < 4.78 is 10.9. The summed E-state index contributed by atoms with van der Waals surface area (Å²) in [6.07, 6.45) is 0. The van der Waals surface area contributed by atoms with Crippen LogP contribution < -0.4 is 5.32 Å². The predicted molar refractivity (Wildman–Crippen MR) is 56.0 cm³/mol. The molecule has 2 rings (SSSR count). The predicted octanol–water partition coefficient (Wildman–Crippen LogP) is 2.02. The first-order chi connectivity index (χ1) is 7.24. The molecular weight excluding hydrogens is 262 g/mol. The molecule has 15 heavy (non-hydrogen) atoms. The minimum absolute atomic E-state index is 0.565. The second-order valence-electron chi connectivity index (χ2n) is 3.04. The van der Waals surface area contributed by atoms with Gasteiger partial charge in [0.25, 0.3) is 0 Å². The maximum atomic E-state index is 5.32.